The van der Waals surface area contributed by atoms with E-state index in [9.17, 15) is 9.18 Å². The van der Waals surface area contributed by atoms with Gasteiger partial charge in [0.05, 0.1) is 5.56 Å². The summed E-state index contributed by atoms with van der Waals surface area (Å²) >= 11 is 2.98. The Labute approximate surface area is 71.6 Å². The molecule has 0 radical (unpaired) electrons. The molecule has 11 heavy (non-hydrogen) atoms. The van der Waals surface area contributed by atoms with E-state index in [-0.39, 0.29) is 10.4 Å². The van der Waals surface area contributed by atoms with Crippen LogP contribution in [0.2, 0.25) is 0 Å². The first kappa shape index (κ1) is 8.33. The Bertz CT molecular complexity index is 300. The molecule has 1 rings (SSSR count). The molecule has 0 saturated carbocycles. The van der Waals surface area contributed by atoms with Gasteiger partial charge in [-0.05, 0) is 35.0 Å². The van der Waals surface area contributed by atoms with Gasteiger partial charge in [-0.2, -0.15) is 4.39 Å². The summed E-state index contributed by atoms with van der Waals surface area (Å²) in [7, 11) is 0. The van der Waals surface area contributed by atoms with E-state index in [4.69, 9.17) is 0 Å². The van der Waals surface area contributed by atoms with Gasteiger partial charge in [-0.25, -0.2) is 4.98 Å². The van der Waals surface area contributed by atoms with Gasteiger partial charge < -0.3 is 0 Å². The standard InChI is InChI=1S/C7H5BrFNO/c1-4(11)5-2-3-6(9)10-7(5)8/h2-3H,1H3. The van der Waals surface area contributed by atoms with Crippen LogP contribution in [0.4, 0.5) is 4.39 Å². The van der Waals surface area contributed by atoms with Gasteiger partial charge in [0.1, 0.15) is 4.60 Å². The molecule has 0 unspecified atom stereocenters. The fourth-order valence-electron chi connectivity index (χ4n) is 0.675. The van der Waals surface area contributed by atoms with Crippen LogP contribution in [0, 0.1) is 5.95 Å². The third-order valence-corrected chi connectivity index (χ3v) is 1.80. The van der Waals surface area contributed by atoms with Crippen molar-refractivity contribution < 1.29 is 9.18 Å². The number of hydrogen-bond donors (Lipinski definition) is 0. The average Bonchev–Trinajstić information content (AvgIpc) is 1.85. The SMILES string of the molecule is CC(=O)c1ccc(F)nc1Br. The van der Waals surface area contributed by atoms with Crippen molar-refractivity contribution in [3.05, 3.63) is 28.2 Å². The van der Waals surface area contributed by atoms with Crippen LogP contribution in [0.3, 0.4) is 0 Å². The van der Waals surface area contributed by atoms with Gasteiger partial charge in [0.2, 0.25) is 5.95 Å². The second-order valence-corrected chi connectivity index (χ2v) is 2.78. The van der Waals surface area contributed by atoms with E-state index in [1.807, 2.05) is 0 Å². The lowest BCUT2D eigenvalue weighted by Crippen LogP contribution is -1.96. The molecule has 0 fully saturated rings. The summed E-state index contributed by atoms with van der Waals surface area (Å²) in [6, 6.07) is 2.55. The zero-order valence-corrected chi connectivity index (χ0v) is 7.35. The Kier molecular flexibility index (Phi) is 2.34. The molecule has 0 aromatic carbocycles. The molecule has 0 saturated heterocycles. The number of carbonyl (C=O) groups excluding carboxylic acids is 1. The quantitative estimate of drug-likeness (QED) is 0.534. The first-order valence-electron chi connectivity index (χ1n) is 2.94. The smallest absolute Gasteiger partial charge is 0.213 e. The fourth-order valence-corrected chi connectivity index (χ4v) is 1.26. The Hall–Kier alpha value is -0.770. The van der Waals surface area contributed by atoms with Crippen LogP contribution in [0.5, 0.6) is 0 Å². The Morgan fingerprint density at radius 3 is 2.73 bits per heavy atom. The first-order valence-corrected chi connectivity index (χ1v) is 3.73. The van der Waals surface area contributed by atoms with Crippen LogP contribution < -0.4 is 0 Å². The highest BCUT2D eigenvalue weighted by molar-refractivity contribution is 9.10. The van der Waals surface area contributed by atoms with Crippen LogP contribution in [0.25, 0.3) is 0 Å². The van der Waals surface area contributed by atoms with Crippen LogP contribution in [-0.2, 0) is 0 Å². The number of hydrogen-bond acceptors (Lipinski definition) is 2. The highest BCUT2D eigenvalue weighted by atomic mass is 79.9. The van der Waals surface area contributed by atoms with Crippen molar-refractivity contribution in [1.82, 2.24) is 4.98 Å². The normalized spacial score (nSPS) is 9.73. The zero-order chi connectivity index (χ0) is 8.43. The molecule has 0 spiro atoms. The molecule has 1 heterocycles. The molecule has 0 aliphatic carbocycles. The van der Waals surface area contributed by atoms with Gasteiger partial charge in [-0.3, -0.25) is 4.79 Å². The molecule has 1 aromatic heterocycles. The van der Waals surface area contributed by atoms with Gasteiger partial charge in [-0.15, -0.1) is 0 Å². The summed E-state index contributed by atoms with van der Waals surface area (Å²) in [5, 5.41) is 0. The summed E-state index contributed by atoms with van der Waals surface area (Å²) in [6.07, 6.45) is 0. The number of aromatic nitrogens is 1. The van der Waals surface area contributed by atoms with Gasteiger partial charge >= 0.3 is 0 Å². The fraction of sp³-hybridized carbons (Fsp3) is 0.143. The highest BCUT2D eigenvalue weighted by Gasteiger charge is 2.06. The number of ketones is 1. The molecular formula is C7H5BrFNO. The molecule has 0 amide bonds. The van der Waals surface area contributed by atoms with E-state index in [2.05, 4.69) is 20.9 Å². The topological polar surface area (TPSA) is 30.0 Å². The van der Waals surface area contributed by atoms with Gasteiger partial charge in [0.25, 0.3) is 0 Å². The lowest BCUT2D eigenvalue weighted by atomic mass is 10.2. The number of pyridine rings is 1. The van der Waals surface area contributed by atoms with Crippen molar-refractivity contribution in [3.8, 4) is 0 Å². The largest absolute Gasteiger partial charge is 0.294 e. The molecule has 0 aliphatic heterocycles. The van der Waals surface area contributed by atoms with Crippen LogP contribution in [-0.4, -0.2) is 10.8 Å². The third-order valence-electron chi connectivity index (χ3n) is 1.19. The Morgan fingerprint density at radius 1 is 1.64 bits per heavy atom. The van der Waals surface area contributed by atoms with Gasteiger partial charge in [0, 0.05) is 0 Å². The molecule has 0 bridgehead atoms. The maximum absolute atomic E-state index is 12.4. The monoisotopic (exact) mass is 217 g/mol. The van der Waals surface area contributed by atoms with E-state index in [1.54, 1.807) is 0 Å². The minimum atomic E-state index is -0.595. The van der Waals surface area contributed by atoms with Crippen molar-refractivity contribution in [2.24, 2.45) is 0 Å². The van der Waals surface area contributed by atoms with Crippen molar-refractivity contribution in [2.75, 3.05) is 0 Å². The maximum atomic E-state index is 12.4. The molecule has 0 aliphatic rings. The molecule has 1 aromatic rings. The lowest BCUT2D eigenvalue weighted by Gasteiger charge is -1.96. The Morgan fingerprint density at radius 2 is 2.27 bits per heavy atom. The molecule has 0 N–H and O–H groups in total. The zero-order valence-electron chi connectivity index (χ0n) is 5.77. The summed E-state index contributed by atoms with van der Waals surface area (Å²) in [6.45, 7) is 1.40. The highest BCUT2D eigenvalue weighted by Crippen LogP contribution is 2.14. The summed E-state index contributed by atoms with van der Waals surface area (Å²) in [4.78, 5) is 14.2. The van der Waals surface area contributed by atoms with Crippen LogP contribution >= 0.6 is 15.9 Å². The van der Waals surface area contributed by atoms with Crippen molar-refractivity contribution >= 4 is 21.7 Å². The van der Waals surface area contributed by atoms with E-state index in [0.717, 1.165) is 6.07 Å². The number of nitrogens with zero attached hydrogens (tertiary/aromatic N) is 1. The van der Waals surface area contributed by atoms with Crippen molar-refractivity contribution in [2.45, 2.75) is 6.92 Å². The van der Waals surface area contributed by atoms with Crippen LogP contribution in [0.15, 0.2) is 16.7 Å². The molecule has 58 valence electrons. The van der Waals surface area contributed by atoms with Crippen LogP contribution in [0.1, 0.15) is 17.3 Å². The number of carbonyl (C=O) groups is 1. The number of Topliss-reactive ketones (excluding diaryl/α,β-unsaturated/α-hetero) is 1. The maximum Gasteiger partial charge on any atom is 0.213 e. The van der Waals surface area contributed by atoms with Crippen molar-refractivity contribution in [3.63, 3.8) is 0 Å². The van der Waals surface area contributed by atoms with Gasteiger partial charge in [0.15, 0.2) is 5.78 Å². The lowest BCUT2D eigenvalue weighted by molar-refractivity contribution is 0.101. The second-order valence-electron chi connectivity index (χ2n) is 2.03. The third kappa shape index (κ3) is 1.83. The predicted octanol–water partition coefficient (Wildman–Crippen LogP) is 2.19. The van der Waals surface area contributed by atoms with Crippen molar-refractivity contribution in [1.29, 1.82) is 0 Å². The first-order chi connectivity index (χ1) is 5.11. The average molecular weight is 218 g/mol. The molecule has 2 nitrogen and oxygen atoms in total. The number of rotatable bonds is 1. The predicted molar refractivity (Wildman–Crippen MR) is 41.9 cm³/mol. The summed E-state index contributed by atoms with van der Waals surface area (Å²) < 4.78 is 12.6. The number of halogens is 2. The molecular weight excluding hydrogens is 213 g/mol. The Balaban J connectivity index is 3.20. The summed E-state index contributed by atoms with van der Waals surface area (Å²) in [5.41, 5.74) is 0.395. The molecule has 0 atom stereocenters. The van der Waals surface area contributed by atoms with Gasteiger partial charge in [-0.1, -0.05) is 0 Å². The second kappa shape index (κ2) is 3.09. The van der Waals surface area contributed by atoms with E-state index in [1.165, 1.54) is 13.0 Å². The van der Waals surface area contributed by atoms with E-state index >= 15 is 0 Å². The minimum absolute atomic E-state index is 0.135. The molecule has 4 heteroatoms. The van der Waals surface area contributed by atoms with E-state index < -0.39 is 5.95 Å². The van der Waals surface area contributed by atoms with E-state index in [0.29, 0.717) is 5.56 Å². The minimum Gasteiger partial charge on any atom is -0.294 e. The summed E-state index contributed by atoms with van der Waals surface area (Å²) in [5.74, 6) is -0.730.